The number of nitrogens with zero attached hydrogens (tertiary/aromatic N) is 2. The third kappa shape index (κ3) is 1.06. The molecule has 0 aliphatic carbocycles. The van der Waals surface area contributed by atoms with E-state index in [2.05, 4.69) is 15.2 Å². The van der Waals surface area contributed by atoms with Crippen LogP contribution in [-0.4, -0.2) is 49.7 Å². The lowest BCUT2D eigenvalue weighted by Gasteiger charge is -2.49. The number of fused-ring (bicyclic) bond motifs is 2. The first-order valence-corrected chi connectivity index (χ1v) is 5.44. The Morgan fingerprint density at radius 3 is 2.79 bits per heavy atom. The van der Waals surface area contributed by atoms with Crippen molar-refractivity contribution in [3.8, 4) is 0 Å². The van der Waals surface area contributed by atoms with E-state index in [-0.39, 0.29) is 5.60 Å². The Morgan fingerprint density at radius 2 is 2.29 bits per heavy atom. The fraction of sp³-hybridized carbons (Fsp3) is 0.900. The third-order valence-electron chi connectivity index (χ3n) is 3.86. The second-order valence-electron chi connectivity index (χ2n) is 4.60. The van der Waals surface area contributed by atoms with Crippen LogP contribution in [-0.2, 0) is 4.74 Å². The minimum absolute atomic E-state index is 0.0470. The lowest BCUT2D eigenvalue weighted by atomic mass is 9.75. The number of hydrogen-bond donors (Lipinski definition) is 1. The Morgan fingerprint density at radius 1 is 1.50 bits per heavy atom. The van der Waals surface area contributed by atoms with E-state index in [0.717, 1.165) is 25.0 Å². The van der Waals surface area contributed by atoms with Gasteiger partial charge in [0.2, 0.25) is 0 Å². The van der Waals surface area contributed by atoms with Crippen LogP contribution in [0.25, 0.3) is 0 Å². The van der Waals surface area contributed by atoms with Crippen molar-refractivity contribution < 1.29 is 4.74 Å². The van der Waals surface area contributed by atoms with Crippen molar-refractivity contribution in [1.29, 1.82) is 0 Å². The first-order chi connectivity index (χ1) is 6.82. The average molecular weight is 195 g/mol. The summed E-state index contributed by atoms with van der Waals surface area (Å²) in [7, 11) is 1.78. The summed E-state index contributed by atoms with van der Waals surface area (Å²) < 4.78 is 5.97. The minimum atomic E-state index is 0.0470. The summed E-state index contributed by atoms with van der Waals surface area (Å²) in [5, 5.41) is 3.25. The number of ether oxygens (including phenoxy) is 1. The number of aliphatic imine (C=N–C) groups is 1. The monoisotopic (exact) mass is 195 g/mol. The van der Waals surface area contributed by atoms with Crippen LogP contribution in [0.1, 0.15) is 12.8 Å². The van der Waals surface area contributed by atoms with Gasteiger partial charge in [-0.05, 0) is 25.9 Å². The molecule has 4 saturated heterocycles. The van der Waals surface area contributed by atoms with Crippen molar-refractivity contribution in [2.45, 2.75) is 18.4 Å². The maximum atomic E-state index is 5.97. The molecule has 2 bridgehead atoms. The molecule has 4 aliphatic rings. The first kappa shape index (κ1) is 8.53. The quantitative estimate of drug-likeness (QED) is 0.593. The van der Waals surface area contributed by atoms with E-state index in [0.29, 0.717) is 0 Å². The predicted molar refractivity (Wildman–Crippen MR) is 54.3 cm³/mol. The van der Waals surface area contributed by atoms with E-state index in [1.165, 1.54) is 25.9 Å². The van der Waals surface area contributed by atoms with Gasteiger partial charge in [0.15, 0.2) is 0 Å². The standard InChI is InChI=1S/C10H17N3O/c1-11-9-12-6-10(14-9)7-13-4-2-8(10)3-5-13/h8H,2-7H2,1H3,(H,11,12)/t10-/m0/s1. The summed E-state index contributed by atoms with van der Waals surface area (Å²) in [4.78, 5) is 6.60. The lowest BCUT2D eigenvalue weighted by molar-refractivity contribution is -0.0801. The Kier molecular flexibility index (Phi) is 1.74. The highest BCUT2D eigenvalue weighted by Gasteiger charge is 2.51. The molecule has 1 N–H and O–H groups in total. The normalized spacial score (nSPS) is 48.2. The zero-order valence-corrected chi connectivity index (χ0v) is 8.62. The lowest BCUT2D eigenvalue weighted by Crippen LogP contribution is -2.60. The van der Waals surface area contributed by atoms with Crippen molar-refractivity contribution >= 4 is 6.02 Å². The third-order valence-corrected chi connectivity index (χ3v) is 3.86. The molecule has 0 aromatic rings. The summed E-state index contributed by atoms with van der Waals surface area (Å²) in [5.74, 6) is 0.735. The number of nitrogens with one attached hydrogen (secondary N) is 1. The second kappa shape index (κ2) is 2.86. The molecule has 78 valence electrons. The van der Waals surface area contributed by atoms with Crippen molar-refractivity contribution in [3.05, 3.63) is 0 Å². The van der Waals surface area contributed by atoms with Gasteiger partial charge in [-0.15, -0.1) is 0 Å². The van der Waals surface area contributed by atoms with Gasteiger partial charge < -0.3 is 10.1 Å². The van der Waals surface area contributed by atoms with Crippen LogP contribution in [0.4, 0.5) is 0 Å². The van der Waals surface area contributed by atoms with Gasteiger partial charge in [0.05, 0.1) is 6.54 Å². The molecule has 0 radical (unpaired) electrons. The van der Waals surface area contributed by atoms with Crippen LogP contribution in [0, 0.1) is 5.92 Å². The molecule has 0 amide bonds. The first-order valence-electron chi connectivity index (χ1n) is 5.44. The van der Waals surface area contributed by atoms with Crippen LogP contribution < -0.4 is 5.32 Å². The number of piperidine rings is 3. The Labute approximate surface area is 84.3 Å². The van der Waals surface area contributed by atoms with Crippen molar-refractivity contribution in [2.75, 3.05) is 33.2 Å². The molecule has 0 aromatic heterocycles. The molecule has 4 rings (SSSR count). The highest BCUT2D eigenvalue weighted by atomic mass is 16.5. The zero-order chi connectivity index (χ0) is 9.60. The van der Waals surface area contributed by atoms with Crippen LogP contribution >= 0.6 is 0 Å². The van der Waals surface area contributed by atoms with Gasteiger partial charge in [-0.3, -0.25) is 4.90 Å². The van der Waals surface area contributed by atoms with Crippen molar-refractivity contribution in [2.24, 2.45) is 10.9 Å². The molecule has 4 heteroatoms. The number of amidine groups is 1. The molecule has 0 saturated carbocycles. The Hall–Kier alpha value is -0.770. The average Bonchev–Trinajstić information content (AvgIpc) is 2.63. The fourth-order valence-corrected chi connectivity index (χ4v) is 3.06. The molecule has 4 heterocycles. The Bertz CT molecular complexity index is 271. The van der Waals surface area contributed by atoms with Crippen LogP contribution in [0.15, 0.2) is 4.99 Å². The fourth-order valence-electron chi connectivity index (χ4n) is 3.06. The van der Waals surface area contributed by atoms with Crippen LogP contribution in [0.5, 0.6) is 0 Å². The molecule has 4 fully saturated rings. The molecule has 0 unspecified atom stereocenters. The van der Waals surface area contributed by atoms with Gasteiger partial charge in [0.25, 0.3) is 6.02 Å². The molecule has 14 heavy (non-hydrogen) atoms. The summed E-state index contributed by atoms with van der Waals surface area (Å²) in [6.07, 6.45) is 2.58. The van der Waals surface area contributed by atoms with Gasteiger partial charge in [0.1, 0.15) is 5.60 Å². The van der Waals surface area contributed by atoms with Crippen molar-refractivity contribution in [1.82, 2.24) is 10.2 Å². The van der Waals surface area contributed by atoms with E-state index in [4.69, 9.17) is 4.74 Å². The molecule has 0 aromatic carbocycles. The molecule has 4 nitrogen and oxygen atoms in total. The smallest absolute Gasteiger partial charge is 0.285 e. The maximum absolute atomic E-state index is 5.97. The molecular formula is C10H17N3O. The van der Waals surface area contributed by atoms with E-state index < -0.39 is 0 Å². The van der Waals surface area contributed by atoms with Crippen LogP contribution in [0.3, 0.4) is 0 Å². The largest absolute Gasteiger partial charge is 0.455 e. The second-order valence-corrected chi connectivity index (χ2v) is 4.60. The maximum Gasteiger partial charge on any atom is 0.285 e. The number of rotatable bonds is 0. The summed E-state index contributed by atoms with van der Waals surface area (Å²) in [6.45, 7) is 4.55. The van der Waals surface area contributed by atoms with Gasteiger partial charge >= 0.3 is 0 Å². The summed E-state index contributed by atoms with van der Waals surface area (Å²) in [6, 6.07) is 0.735. The highest BCUT2D eigenvalue weighted by molar-refractivity contribution is 5.76. The van der Waals surface area contributed by atoms with E-state index in [1.807, 2.05) is 0 Å². The minimum Gasteiger partial charge on any atom is -0.455 e. The zero-order valence-electron chi connectivity index (χ0n) is 8.62. The molecule has 1 atom stereocenters. The van der Waals surface area contributed by atoms with Crippen molar-refractivity contribution in [3.63, 3.8) is 0 Å². The SMILES string of the molecule is C/N=C1\NC[C@@]2(CN3CCC2CC3)O1. The van der Waals surface area contributed by atoms with E-state index >= 15 is 0 Å². The van der Waals surface area contributed by atoms with Crippen LogP contribution in [0.2, 0.25) is 0 Å². The van der Waals surface area contributed by atoms with Gasteiger partial charge in [-0.25, -0.2) is 4.99 Å². The van der Waals surface area contributed by atoms with Gasteiger partial charge in [-0.2, -0.15) is 0 Å². The molecule has 1 spiro atoms. The van der Waals surface area contributed by atoms with Gasteiger partial charge in [-0.1, -0.05) is 0 Å². The summed E-state index contributed by atoms with van der Waals surface area (Å²) in [5.41, 5.74) is 0.0470. The highest BCUT2D eigenvalue weighted by Crippen LogP contribution is 2.39. The molecular weight excluding hydrogens is 178 g/mol. The Balaban J connectivity index is 1.84. The molecule has 4 aliphatic heterocycles. The topological polar surface area (TPSA) is 36.9 Å². The number of hydrogen-bond acceptors (Lipinski definition) is 3. The van der Waals surface area contributed by atoms with E-state index in [9.17, 15) is 0 Å². The van der Waals surface area contributed by atoms with Gasteiger partial charge in [0, 0.05) is 19.5 Å². The van der Waals surface area contributed by atoms with E-state index in [1.54, 1.807) is 7.05 Å². The summed E-state index contributed by atoms with van der Waals surface area (Å²) >= 11 is 0. The predicted octanol–water partition coefficient (Wildman–Crippen LogP) is 0.0564.